The van der Waals surface area contributed by atoms with E-state index < -0.39 is 9.05 Å². The third-order valence-electron chi connectivity index (χ3n) is 3.34. The quantitative estimate of drug-likeness (QED) is 0.798. The van der Waals surface area contributed by atoms with Gasteiger partial charge >= 0.3 is 0 Å². The van der Waals surface area contributed by atoms with Crippen LogP contribution in [0.15, 0.2) is 18.2 Å². The van der Waals surface area contributed by atoms with E-state index in [9.17, 15) is 17.6 Å². The van der Waals surface area contributed by atoms with Crippen LogP contribution in [0.25, 0.3) is 0 Å². The van der Waals surface area contributed by atoms with Crippen LogP contribution in [0.1, 0.15) is 17.5 Å². The van der Waals surface area contributed by atoms with Crippen molar-refractivity contribution in [1.29, 1.82) is 0 Å². The van der Waals surface area contributed by atoms with Crippen molar-refractivity contribution in [3.05, 3.63) is 35.1 Å². The molecule has 110 valence electrons. The van der Waals surface area contributed by atoms with Crippen molar-refractivity contribution in [3.8, 4) is 0 Å². The SMILES string of the molecule is Cc1ccc(CN2CC(CS(=O)(=O)Cl)CC2=O)cc1F. The number of rotatable bonds is 4. The molecule has 1 unspecified atom stereocenters. The molecule has 7 heteroatoms. The molecule has 1 saturated heterocycles. The molecule has 0 radical (unpaired) electrons. The molecular weight excluding hydrogens is 305 g/mol. The minimum atomic E-state index is -3.61. The molecule has 1 aromatic carbocycles. The second-order valence-corrected chi connectivity index (χ2v) is 7.96. The van der Waals surface area contributed by atoms with Crippen LogP contribution in [0.2, 0.25) is 0 Å². The highest BCUT2D eigenvalue weighted by atomic mass is 35.7. The number of carbonyl (C=O) groups is 1. The fraction of sp³-hybridized carbons (Fsp3) is 0.462. The molecule has 2 rings (SSSR count). The topological polar surface area (TPSA) is 54.5 Å². The smallest absolute Gasteiger partial charge is 0.232 e. The number of halogens is 2. The Hall–Kier alpha value is -1.14. The van der Waals surface area contributed by atoms with Crippen molar-refractivity contribution in [2.45, 2.75) is 19.9 Å². The molecular formula is C13H15ClFNO3S. The maximum atomic E-state index is 13.4. The summed E-state index contributed by atoms with van der Waals surface area (Å²) in [6.07, 6.45) is 0.167. The van der Waals surface area contributed by atoms with Crippen LogP contribution in [0.3, 0.4) is 0 Å². The molecule has 1 atom stereocenters. The molecule has 1 amide bonds. The number of aryl methyl sites for hydroxylation is 1. The first-order chi connectivity index (χ1) is 9.24. The second kappa shape index (κ2) is 5.69. The third kappa shape index (κ3) is 3.93. The lowest BCUT2D eigenvalue weighted by Crippen LogP contribution is -2.25. The average molecular weight is 320 g/mol. The second-order valence-electron chi connectivity index (χ2n) is 5.13. The Morgan fingerprint density at radius 1 is 1.45 bits per heavy atom. The summed E-state index contributed by atoms with van der Waals surface area (Å²) in [4.78, 5) is 13.4. The summed E-state index contributed by atoms with van der Waals surface area (Å²) >= 11 is 0. The van der Waals surface area contributed by atoms with Gasteiger partial charge in [0.15, 0.2) is 0 Å². The first-order valence-electron chi connectivity index (χ1n) is 6.20. The van der Waals surface area contributed by atoms with Crippen LogP contribution in [-0.2, 0) is 20.4 Å². The molecule has 1 heterocycles. The summed E-state index contributed by atoms with van der Waals surface area (Å²) in [5.74, 6) is -0.940. The predicted molar refractivity (Wildman–Crippen MR) is 74.3 cm³/mol. The van der Waals surface area contributed by atoms with Crippen LogP contribution in [0.5, 0.6) is 0 Å². The molecule has 20 heavy (non-hydrogen) atoms. The average Bonchev–Trinajstić information content (AvgIpc) is 2.62. The first kappa shape index (κ1) is 15.3. The maximum Gasteiger partial charge on any atom is 0.232 e. The Bertz CT molecular complexity index is 633. The van der Waals surface area contributed by atoms with Crippen LogP contribution >= 0.6 is 10.7 Å². The molecule has 1 aromatic rings. The van der Waals surface area contributed by atoms with Crippen molar-refractivity contribution in [1.82, 2.24) is 4.90 Å². The molecule has 0 bridgehead atoms. The fourth-order valence-electron chi connectivity index (χ4n) is 2.36. The van der Waals surface area contributed by atoms with Crippen molar-refractivity contribution in [3.63, 3.8) is 0 Å². The van der Waals surface area contributed by atoms with Crippen LogP contribution in [-0.4, -0.2) is 31.5 Å². The minimum Gasteiger partial charge on any atom is -0.338 e. The lowest BCUT2D eigenvalue weighted by atomic mass is 10.1. The van der Waals surface area contributed by atoms with E-state index in [0.717, 1.165) is 0 Å². The molecule has 0 aliphatic carbocycles. The van der Waals surface area contributed by atoms with Crippen LogP contribution < -0.4 is 0 Å². The molecule has 1 aliphatic rings. The van der Waals surface area contributed by atoms with E-state index in [1.54, 1.807) is 19.1 Å². The summed E-state index contributed by atoms with van der Waals surface area (Å²) < 4.78 is 35.5. The zero-order chi connectivity index (χ0) is 14.9. The molecule has 0 aromatic heterocycles. The van der Waals surface area contributed by atoms with E-state index in [1.807, 2.05) is 0 Å². The number of amides is 1. The van der Waals surface area contributed by atoms with E-state index >= 15 is 0 Å². The van der Waals surface area contributed by atoms with Crippen molar-refractivity contribution < 1.29 is 17.6 Å². The van der Waals surface area contributed by atoms with Gasteiger partial charge in [0.2, 0.25) is 15.0 Å². The number of likely N-dealkylation sites (tertiary alicyclic amines) is 1. The Labute approximate surface area is 121 Å². The van der Waals surface area contributed by atoms with Gasteiger partial charge in [-0.15, -0.1) is 0 Å². The highest BCUT2D eigenvalue weighted by Gasteiger charge is 2.32. The van der Waals surface area contributed by atoms with Gasteiger partial charge in [-0.2, -0.15) is 0 Å². The fourth-order valence-corrected chi connectivity index (χ4v) is 3.68. The molecule has 1 aliphatic heterocycles. The minimum absolute atomic E-state index is 0.128. The summed E-state index contributed by atoms with van der Waals surface area (Å²) in [6.45, 7) is 2.29. The summed E-state index contributed by atoms with van der Waals surface area (Å²) in [6, 6.07) is 4.82. The highest BCUT2D eigenvalue weighted by molar-refractivity contribution is 8.13. The van der Waals surface area contributed by atoms with Crippen molar-refractivity contribution >= 4 is 25.6 Å². The van der Waals surface area contributed by atoms with E-state index in [4.69, 9.17) is 10.7 Å². The highest BCUT2D eigenvalue weighted by Crippen LogP contribution is 2.23. The van der Waals surface area contributed by atoms with Gasteiger partial charge in [-0.1, -0.05) is 12.1 Å². The third-order valence-corrected chi connectivity index (χ3v) is 4.59. The van der Waals surface area contributed by atoms with E-state index in [-0.39, 0.29) is 36.4 Å². The normalized spacial score (nSPS) is 19.6. The maximum absolute atomic E-state index is 13.4. The lowest BCUT2D eigenvalue weighted by Gasteiger charge is -2.16. The van der Waals surface area contributed by atoms with Gasteiger partial charge in [0.1, 0.15) is 5.82 Å². The largest absolute Gasteiger partial charge is 0.338 e. The number of hydrogen-bond acceptors (Lipinski definition) is 3. The zero-order valence-corrected chi connectivity index (χ0v) is 12.5. The number of hydrogen-bond donors (Lipinski definition) is 0. The van der Waals surface area contributed by atoms with Gasteiger partial charge in [0, 0.05) is 36.1 Å². The van der Waals surface area contributed by atoms with E-state index in [0.29, 0.717) is 17.7 Å². The summed E-state index contributed by atoms with van der Waals surface area (Å²) in [7, 11) is 1.59. The first-order valence-corrected chi connectivity index (χ1v) is 8.67. The van der Waals surface area contributed by atoms with Crippen molar-refractivity contribution in [2.24, 2.45) is 5.92 Å². The number of carbonyl (C=O) groups excluding carboxylic acids is 1. The summed E-state index contributed by atoms with van der Waals surface area (Å²) in [5.41, 5.74) is 1.24. The Kier molecular flexibility index (Phi) is 4.34. The summed E-state index contributed by atoms with van der Waals surface area (Å²) in [5, 5.41) is 0. The molecule has 1 fully saturated rings. The Balaban J connectivity index is 2.03. The van der Waals surface area contributed by atoms with Gasteiger partial charge in [0.25, 0.3) is 0 Å². The van der Waals surface area contributed by atoms with E-state index in [2.05, 4.69) is 0 Å². The van der Waals surface area contributed by atoms with Gasteiger partial charge < -0.3 is 4.90 Å². The van der Waals surface area contributed by atoms with Gasteiger partial charge in [-0.05, 0) is 24.1 Å². The predicted octanol–water partition coefficient (Wildman–Crippen LogP) is 2.05. The molecule has 0 spiro atoms. The van der Waals surface area contributed by atoms with Gasteiger partial charge in [-0.25, -0.2) is 12.8 Å². The van der Waals surface area contributed by atoms with Crippen LogP contribution in [0.4, 0.5) is 4.39 Å². The van der Waals surface area contributed by atoms with Crippen LogP contribution in [0, 0.1) is 18.7 Å². The van der Waals surface area contributed by atoms with Gasteiger partial charge in [-0.3, -0.25) is 4.79 Å². The van der Waals surface area contributed by atoms with E-state index in [1.165, 1.54) is 11.0 Å². The standard InChI is InChI=1S/C13H15ClFNO3S/c1-9-2-3-10(4-12(9)15)6-16-7-11(5-13(16)17)8-20(14,18)19/h2-4,11H,5-8H2,1H3. The molecule has 4 nitrogen and oxygen atoms in total. The van der Waals surface area contributed by atoms with Gasteiger partial charge in [0.05, 0.1) is 5.75 Å². The Morgan fingerprint density at radius 3 is 2.75 bits per heavy atom. The number of nitrogens with zero attached hydrogens (tertiary/aromatic N) is 1. The van der Waals surface area contributed by atoms with Crippen molar-refractivity contribution in [2.75, 3.05) is 12.3 Å². The zero-order valence-electron chi connectivity index (χ0n) is 11.0. The number of benzene rings is 1. The Morgan fingerprint density at radius 2 is 2.15 bits per heavy atom. The lowest BCUT2D eigenvalue weighted by molar-refractivity contribution is -0.128. The monoisotopic (exact) mass is 319 g/mol. The molecule has 0 N–H and O–H groups in total. The molecule has 0 saturated carbocycles.